The molecule has 0 aromatic heterocycles. The molecule has 10 heteroatoms. The molecule has 0 unspecified atom stereocenters. The number of nitrogens with two attached hydrogens (primary N) is 1. The first-order chi connectivity index (χ1) is 20.7. The van der Waals surface area contributed by atoms with Crippen LogP contribution in [0.25, 0.3) is 10.8 Å². The number of carbonyl (C=O) groups is 3. The highest BCUT2D eigenvalue weighted by molar-refractivity contribution is 5.95. The molecule has 0 heterocycles. The number of nitrogens with one attached hydrogen (secondary N) is 1. The van der Waals surface area contributed by atoms with E-state index in [1.54, 1.807) is 6.08 Å². The topological polar surface area (TPSA) is 116 Å². The lowest BCUT2D eigenvalue weighted by atomic mass is 9.98. The molecule has 3 aromatic carbocycles. The van der Waals surface area contributed by atoms with Gasteiger partial charge in [-0.05, 0) is 67.3 Å². The molecule has 0 fully saturated rings. The average Bonchev–Trinajstić information content (AvgIpc) is 2.97. The minimum absolute atomic E-state index is 0.0731. The number of nitrogens with zero attached hydrogens (tertiary/aromatic N) is 2. The zero-order valence-corrected chi connectivity index (χ0v) is 25.9. The number of carbonyl (C=O) groups excluding carboxylic acids is 3. The molecule has 0 saturated heterocycles. The van der Waals surface area contributed by atoms with Crippen LogP contribution in [0, 0.1) is 11.6 Å². The smallest absolute Gasteiger partial charge is 0.246 e. The van der Waals surface area contributed by atoms with Crippen LogP contribution in [0.1, 0.15) is 38.3 Å². The molecule has 0 aliphatic carbocycles. The van der Waals surface area contributed by atoms with Crippen molar-refractivity contribution in [2.45, 2.75) is 63.8 Å². The van der Waals surface area contributed by atoms with Crippen LogP contribution in [0.4, 0.5) is 8.78 Å². The molecule has 0 spiro atoms. The molecule has 0 saturated carbocycles. The first-order valence-corrected chi connectivity index (χ1v) is 14.5. The molecule has 4 N–H and O–H groups in total. The Balaban J connectivity index is 1.98. The molecular formula is C34H42F2N4O4. The zero-order chi connectivity index (χ0) is 32.6. The van der Waals surface area contributed by atoms with E-state index < -0.39 is 53.1 Å². The van der Waals surface area contributed by atoms with E-state index in [1.165, 1.54) is 43.0 Å². The van der Waals surface area contributed by atoms with Gasteiger partial charge in [-0.2, -0.15) is 0 Å². The van der Waals surface area contributed by atoms with Crippen LogP contribution >= 0.6 is 0 Å². The van der Waals surface area contributed by atoms with Gasteiger partial charge in [0, 0.05) is 39.0 Å². The normalized spacial score (nSPS) is 13.8. The molecule has 0 aliphatic rings. The Labute approximate surface area is 257 Å². The lowest BCUT2D eigenvalue weighted by Gasteiger charge is -2.34. The molecule has 8 nitrogen and oxygen atoms in total. The first kappa shape index (κ1) is 34.3. The van der Waals surface area contributed by atoms with Crippen molar-refractivity contribution < 1.29 is 28.3 Å². The lowest BCUT2D eigenvalue weighted by Crippen LogP contribution is -2.56. The number of aliphatic hydroxyl groups excluding tert-OH is 1. The molecule has 236 valence electrons. The van der Waals surface area contributed by atoms with E-state index in [0.29, 0.717) is 12.0 Å². The van der Waals surface area contributed by atoms with Crippen molar-refractivity contribution in [1.82, 2.24) is 15.1 Å². The third-order valence-corrected chi connectivity index (χ3v) is 7.35. The predicted octanol–water partition coefficient (Wildman–Crippen LogP) is 3.74. The minimum atomic E-state index is -1.15. The van der Waals surface area contributed by atoms with E-state index in [2.05, 4.69) is 5.32 Å². The van der Waals surface area contributed by atoms with Gasteiger partial charge in [0.1, 0.15) is 12.1 Å². The van der Waals surface area contributed by atoms with E-state index in [-0.39, 0.29) is 19.4 Å². The Morgan fingerprint density at radius 3 is 2.16 bits per heavy atom. The summed E-state index contributed by atoms with van der Waals surface area (Å²) in [5, 5.41) is 14.3. The third kappa shape index (κ3) is 9.68. The van der Waals surface area contributed by atoms with Crippen LogP contribution in [0.5, 0.6) is 0 Å². The quantitative estimate of drug-likeness (QED) is 0.256. The van der Waals surface area contributed by atoms with Gasteiger partial charge in [0.05, 0.1) is 6.10 Å². The summed E-state index contributed by atoms with van der Waals surface area (Å²) in [5.41, 5.74) is 6.62. The summed E-state index contributed by atoms with van der Waals surface area (Å²) in [5.74, 6) is -3.64. The van der Waals surface area contributed by atoms with Crippen molar-refractivity contribution in [1.29, 1.82) is 0 Å². The monoisotopic (exact) mass is 608 g/mol. The zero-order valence-electron chi connectivity index (χ0n) is 25.9. The van der Waals surface area contributed by atoms with Crippen LogP contribution < -0.4 is 11.1 Å². The van der Waals surface area contributed by atoms with Crippen molar-refractivity contribution in [3.8, 4) is 0 Å². The highest BCUT2D eigenvalue weighted by Crippen LogP contribution is 2.21. The Hall–Kier alpha value is -4.15. The maximum absolute atomic E-state index is 14.2. The second kappa shape index (κ2) is 15.0. The van der Waals surface area contributed by atoms with Crippen molar-refractivity contribution in [2.75, 3.05) is 20.6 Å². The minimum Gasteiger partial charge on any atom is -0.392 e. The van der Waals surface area contributed by atoms with Crippen molar-refractivity contribution in [3.05, 3.63) is 95.6 Å². The second-order valence-electron chi connectivity index (χ2n) is 12.0. The molecule has 44 heavy (non-hydrogen) atoms. The summed E-state index contributed by atoms with van der Waals surface area (Å²) in [6.45, 7) is 5.10. The average molecular weight is 609 g/mol. The number of hydrogen-bond donors (Lipinski definition) is 3. The number of hydrogen-bond acceptors (Lipinski definition) is 5. The second-order valence-corrected chi connectivity index (χ2v) is 12.0. The highest BCUT2D eigenvalue weighted by atomic mass is 19.2. The number of benzene rings is 3. The fourth-order valence-corrected chi connectivity index (χ4v) is 4.76. The van der Waals surface area contributed by atoms with Gasteiger partial charge in [0.25, 0.3) is 0 Å². The Morgan fingerprint density at radius 2 is 1.52 bits per heavy atom. The summed E-state index contributed by atoms with van der Waals surface area (Å²) in [6.07, 6.45) is 2.66. The van der Waals surface area contributed by atoms with Gasteiger partial charge in [-0.3, -0.25) is 14.4 Å². The Bertz CT molecular complexity index is 1500. The van der Waals surface area contributed by atoms with Gasteiger partial charge in [0.15, 0.2) is 11.6 Å². The van der Waals surface area contributed by atoms with Gasteiger partial charge >= 0.3 is 0 Å². The van der Waals surface area contributed by atoms with E-state index in [9.17, 15) is 28.3 Å². The van der Waals surface area contributed by atoms with Gasteiger partial charge < -0.3 is 26.0 Å². The number of fused-ring (bicyclic) bond motifs is 1. The highest BCUT2D eigenvalue weighted by Gasteiger charge is 2.35. The van der Waals surface area contributed by atoms with Crippen LogP contribution in [0.15, 0.2) is 72.8 Å². The summed E-state index contributed by atoms with van der Waals surface area (Å²) < 4.78 is 27.7. The summed E-state index contributed by atoms with van der Waals surface area (Å²) in [4.78, 5) is 43.4. The maximum Gasteiger partial charge on any atom is 0.246 e. The number of rotatable bonds is 13. The number of amides is 3. The Kier molecular flexibility index (Phi) is 11.7. The molecule has 0 radical (unpaired) electrons. The molecule has 3 atom stereocenters. The summed E-state index contributed by atoms with van der Waals surface area (Å²) >= 11 is 0. The van der Waals surface area contributed by atoms with Crippen LogP contribution in [-0.2, 0) is 27.2 Å². The third-order valence-electron chi connectivity index (χ3n) is 7.35. The van der Waals surface area contributed by atoms with Crippen molar-refractivity contribution in [3.63, 3.8) is 0 Å². The standard InChI is InChI=1S/C34H42F2N4O4/c1-22(41)21-38-32(43)29(19-24-13-15-27(35)28(36)18-24)40(5)33(44)30(39(4)31(42)11-8-16-34(2,3)37)20-23-12-14-25-9-6-7-10-26(25)17-23/h6-15,17-18,22,29-30,41H,16,19-21,37H2,1-5H3,(H,38,43)/t22-,29-,30-/m1/s1. The summed E-state index contributed by atoms with van der Waals surface area (Å²) in [7, 11) is 2.96. The number of likely N-dealkylation sites (N-methyl/N-ethyl adjacent to an activating group) is 2. The van der Waals surface area contributed by atoms with Crippen molar-refractivity contribution >= 4 is 28.5 Å². The fraction of sp³-hybridized carbons (Fsp3) is 0.382. The van der Waals surface area contributed by atoms with Gasteiger partial charge in [-0.1, -0.05) is 54.6 Å². The van der Waals surface area contributed by atoms with E-state index >= 15 is 0 Å². The SMILES string of the molecule is C[C@@H](O)CNC(=O)[C@@H](Cc1ccc(F)c(F)c1)N(C)C(=O)[C@@H](Cc1ccc2ccccc2c1)N(C)C(=O)C=CCC(C)(C)N. The number of aliphatic hydroxyl groups is 1. The number of halogens is 2. The van der Waals surface area contributed by atoms with E-state index in [4.69, 9.17) is 5.73 Å². The van der Waals surface area contributed by atoms with Crippen LogP contribution in [0.3, 0.4) is 0 Å². The van der Waals surface area contributed by atoms with Crippen LogP contribution in [0.2, 0.25) is 0 Å². The molecular weight excluding hydrogens is 566 g/mol. The maximum atomic E-state index is 14.2. The van der Waals surface area contributed by atoms with Crippen molar-refractivity contribution in [2.24, 2.45) is 5.73 Å². The largest absolute Gasteiger partial charge is 0.392 e. The molecule has 0 bridgehead atoms. The lowest BCUT2D eigenvalue weighted by molar-refractivity contribution is -0.146. The molecule has 3 rings (SSSR count). The van der Waals surface area contributed by atoms with E-state index in [1.807, 2.05) is 56.3 Å². The first-order valence-electron chi connectivity index (χ1n) is 14.5. The Morgan fingerprint density at radius 1 is 0.909 bits per heavy atom. The van der Waals surface area contributed by atoms with Crippen LogP contribution in [-0.4, -0.2) is 77.0 Å². The van der Waals surface area contributed by atoms with Gasteiger partial charge in [-0.15, -0.1) is 0 Å². The molecule has 0 aliphatic heterocycles. The van der Waals surface area contributed by atoms with Gasteiger partial charge in [-0.25, -0.2) is 8.78 Å². The summed E-state index contributed by atoms with van der Waals surface area (Å²) in [6, 6.07) is 14.7. The van der Waals surface area contributed by atoms with Gasteiger partial charge in [0.2, 0.25) is 17.7 Å². The molecule has 3 amide bonds. The fourth-order valence-electron chi connectivity index (χ4n) is 4.76. The van der Waals surface area contributed by atoms with E-state index in [0.717, 1.165) is 28.5 Å². The molecule has 3 aromatic rings. The predicted molar refractivity (Wildman–Crippen MR) is 168 cm³/mol.